The second-order valence-electron chi connectivity index (χ2n) is 9.69. The molecule has 8 rings (SSSR count). The number of rotatable bonds is 2. The lowest BCUT2D eigenvalue weighted by atomic mass is 10.1. The third-order valence-corrected chi connectivity index (χ3v) is 8.92. The molecule has 4 aromatic carbocycles. The van der Waals surface area contributed by atoms with Crippen LogP contribution in [-0.2, 0) is 7.05 Å². The fourth-order valence-electron chi connectivity index (χ4n) is 5.95. The van der Waals surface area contributed by atoms with Crippen molar-refractivity contribution < 1.29 is 8.98 Å². The van der Waals surface area contributed by atoms with Crippen LogP contribution < -0.4 is 4.57 Å². The monoisotopic (exact) mass is 495 g/mol. The summed E-state index contributed by atoms with van der Waals surface area (Å²) in [7, 11) is 2.13. The molecular weight excluding hydrogens is 472 g/mol. The van der Waals surface area contributed by atoms with Gasteiger partial charge in [0.25, 0.3) is 0 Å². The van der Waals surface area contributed by atoms with E-state index in [9.17, 15) is 0 Å². The fourth-order valence-corrected chi connectivity index (χ4v) is 7.25. The minimum absolute atomic E-state index is 0.910. The van der Waals surface area contributed by atoms with Crippen LogP contribution in [0.1, 0.15) is 5.56 Å². The lowest BCUT2D eigenvalue weighted by Crippen LogP contribution is -2.30. The van der Waals surface area contributed by atoms with Gasteiger partial charge in [-0.1, -0.05) is 66.7 Å². The van der Waals surface area contributed by atoms with Gasteiger partial charge in [0.15, 0.2) is 11.8 Å². The Kier molecular flexibility index (Phi) is 4.23. The van der Waals surface area contributed by atoms with E-state index in [1.165, 1.54) is 48.0 Å². The first-order valence-electron chi connectivity index (χ1n) is 12.5. The van der Waals surface area contributed by atoms with Crippen molar-refractivity contribution in [2.75, 3.05) is 0 Å². The lowest BCUT2D eigenvalue weighted by molar-refractivity contribution is -0.659. The molecule has 0 fully saturated rings. The summed E-state index contributed by atoms with van der Waals surface area (Å²) < 4.78 is 12.6. The maximum Gasteiger partial charge on any atom is 0.234 e. The molecule has 0 saturated carbocycles. The summed E-state index contributed by atoms with van der Waals surface area (Å²) in [5.41, 5.74) is 7.77. The van der Waals surface area contributed by atoms with Crippen molar-refractivity contribution >= 4 is 65.2 Å². The molecule has 0 aliphatic carbocycles. The minimum atomic E-state index is 0.910. The maximum atomic E-state index is 6.71. The van der Waals surface area contributed by atoms with E-state index in [0.717, 1.165) is 27.6 Å². The van der Waals surface area contributed by atoms with E-state index < -0.39 is 0 Å². The molecule has 0 aliphatic heterocycles. The van der Waals surface area contributed by atoms with Gasteiger partial charge < -0.3 is 8.98 Å². The van der Waals surface area contributed by atoms with Crippen molar-refractivity contribution in [3.63, 3.8) is 0 Å². The molecule has 0 N–H and O–H groups in total. The van der Waals surface area contributed by atoms with Crippen molar-refractivity contribution in [3.8, 4) is 16.3 Å². The van der Waals surface area contributed by atoms with Gasteiger partial charge in [0.2, 0.25) is 5.69 Å². The first-order valence-corrected chi connectivity index (χ1v) is 13.3. The molecule has 176 valence electrons. The highest BCUT2D eigenvalue weighted by molar-refractivity contribution is 7.22. The van der Waals surface area contributed by atoms with Gasteiger partial charge in [-0.25, -0.2) is 0 Å². The van der Waals surface area contributed by atoms with Crippen LogP contribution in [0.15, 0.2) is 108 Å². The van der Waals surface area contributed by atoms with Crippen LogP contribution in [0.2, 0.25) is 0 Å². The van der Waals surface area contributed by atoms with E-state index >= 15 is 0 Å². The van der Waals surface area contributed by atoms with Gasteiger partial charge in [0.1, 0.15) is 22.9 Å². The molecule has 0 amide bonds. The van der Waals surface area contributed by atoms with Crippen LogP contribution in [0.25, 0.3) is 70.1 Å². The Labute approximate surface area is 217 Å². The number of benzene rings is 4. The molecule has 4 heterocycles. The van der Waals surface area contributed by atoms with Crippen molar-refractivity contribution in [1.29, 1.82) is 0 Å². The molecule has 0 unspecified atom stereocenters. The largest absolute Gasteiger partial charge is 0.453 e. The summed E-state index contributed by atoms with van der Waals surface area (Å²) in [6.07, 6.45) is 2.12. The Morgan fingerprint density at radius 2 is 1.35 bits per heavy atom. The Bertz CT molecular complexity index is 2120. The summed E-state index contributed by atoms with van der Waals surface area (Å²) in [6, 6.07) is 34.5. The first kappa shape index (κ1) is 20.7. The van der Waals surface area contributed by atoms with Crippen LogP contribution in [0.4, 0.5) is 0 Å². The molecule has 0 saturated heterocycles. The summed E-state index contributed by atoms with van der Waals surface area (Å²) in [4.78, 5) is 1.29. The maximum absolute atomic E-state index is 6.71. The van der Waals surface area contributed by atoms with Crippen LogP contribution in [0.5, 0.6) is 0 Å². The number of aromatic nitrogens is 2. The fraction of sp³-hybridized carbons (Fsp3) is 0.0606. The Morgan fingerprint density at radius 3 is 2.08 bits per heavy atom. The number of para-hydroxylation sites is 3. The molecule has 8 aromatic rings. The first-order chi connectivity index (χ1) is 18.2. The van der Waals surface area contributed by atoms with Crippen LogP contribution in [-0.4, -0.2) is 4.57 Å². The van der Waals surface area contributed by atoms with Gasteiger partial charge >= 0.3 is 0 Å². The van der Waals surface area contributed by atoms with E-state index in [2.05, 4.69) is 126 Å². The number of fused-ring (bicyclic) bond motifs is 7. The smallest absolute Gasteiger partial charge is 0.234 e. The van der Waals surface area contributed by atoms with Gasteiger partial charge in [-0.2, -0.15) is 4.57 Å². The number of hydrogen-bond acceptors (Lipinski definition) is 2. The summed E-state index contributed by atoms with van der Waals surface area (Å²) in [5, 5.41) is 6.12. The van der Waals surface area contributed by atoms with E-state index in [1.807, 2.05) is 11.3 Å². The zero-order valence-corrected chi connectivity index (χ0v) is 21.3. The van der Waals surface area contributed by atoms with Crippen LogP contribution in [0.3, 0.4) is 0 Å². The predicted molar refractivity (Wildman–Crippen MR) is 155 cm³/mol. The Balaban J connectivity index is 1.50. The lowest BCUT2D eigenvalue weighted by Gasteiger charge is -2.08. The quantitative estimate of drug-likeness (QED) is 0.220. The molecule has 4 aromatic heterocycles. The topological polar surface area (TPSA) is 21.9 Å². The normalized spacial score (nSPS) is 12.1. The number of hydrogen-bond donors (Lipinski definition) is 0. The van der Waals surface area contributed by atoms with E-state index in [-0.39, 0.29) is 0 Å². The van der Waals surface area contributed by atoms with E-state index in [4.69, 9.17) is 4.42 Å². The van der Waals surface area contributed by atoms with Crippen molar-refractivity contribution in [3.05, 3.63) is 109 Å². The van der Waals surface area contributed by atoms with Gasteiger partial charge in [0.05, 0.1) is 16.7 Å². The molecule has 0 aliphatic rings. The van der Waals surface area contributed by atoms with E-state index in [0.29, 0.717) is 0 Å². The summed E-state index contributed by atoms with van der Waals surface area (Å²) in [6.45, 7) is 2.23. The molecule has 0 radical (unpaired) electrons. The van der Waals surface area contributed by atoms with Gasteiger partial charge in [-0.05, 0) is 42.1 Å². The van der Waals surface area contributed by atoms with Gasteiger partial charge in [-0.15, -0.1) is 11.3 Å². The van der Waals surface area contributed by atoms with E-state index in [1.54, 1.807) is 0 Å². The van der Waals surface area contributed by atoms with Crippen molar-refractivity contribution in [2.45, 2.75) is 6.92 Å². The SMILES string of the molecule is Cc1c(-c2c3c(cc[n+]2C)oc2c(-n4c5ccccc5c5ccccc54)cccc23)sc2ccccc12. The molecule has 0 atom stereocenters. The third-order valence-electron chi connectivity index (χ3n) is 7.64. The number of thiophene rings is 1. The van der Waals surface area contributed by atoms with Gasteiger partial charge in [-0.3, -0.25) is 0 Å². The van der Waals surface area contributed by atoms with Crippen molar-refractivity contribution in [1.82, 2.24) is 4.57 Å². The third kappa shape index (κ3) is 2.79. The standard InChI is InChI=1S/C33H23N2OS/c1-20-21-10-5-8-17-29(21)37-33(20)31-30-24-13-9-16-27(32(24)36-28(30)18-19-34(31)2)35-25-14-6-3-11-22(25)23-12-4-7-15-26(23)35/h3-19H,1-2H3/q+1. The predicted octanol–water partition coefficient (Wildman–Crippen LogP) is 8.70. The van der Waals surface area contributed by atoms with Crippen LogP contribution in [0, 0.1) is 6.92 Å². The zero-order valence-electron chi connectivity index (χ0n) is 20.5. The Hall–Kier alpha value is -4.41. The van der Waals surface area contributed by atoms with Gasteiger partial charge in [0, 0.05) is 26.9 Å². The Morgan fingerprint density at radius 1 is 0.703 bits per heavy atom. The number of pyridine rings is 1. The van der Waals surface area contributed by atoms with Crippen LogP contribution >= 0.6 is 11.3 Å². The number of aryl methyl sites for hydroxylation is 2. The average molecular weight is 496 g/mol. The zero-order chi connectivity index (χ0) is 24.7. The molecule has 0 bridgehead atoms. The highest BCUT2D eigenvalue weighted by Gasteiger charge is 2.26. The molecule has 3 nitrogen and oxygen atoms in total. The molecule has 37 heavy (non-hydrogen) atoms. The molecular formula is C33H23N2OS+. The number of furan rings is 1. The second kappa shape index (κ2) is 7.55. The van der Waals surface area contributed by atoms with Crippen molar-refractivity contribution in [2.24, 2.45) is 7.05 Å². The average Bonchev–Trinajstić information content (AvgIpc) is 3.59. The number of nitrogens with zero attached hydrogens (tertiary/aromatic N) is 2. The highest BCUT2D eigenvalue weighted by Crippen LogP contribution is 2.43. The molecule has 4 heteroatoms. The second-order valence-corrected chi connectivity index (χ2v) is 10.7. The molecule has 0 spiro atoms. The summed E-state index contributed by atoms with van der Waals surface area (Å²) in [5.74, 6) is 0. The highest BCUT2D eigenvalue weighted by atomic mass is 32.1. The summed E-state index contributed by atoms with van der Waals surface area (Å²) >= 11 is 1.86. The minimum Gasteiger partial charge on any atom is -0.453 e.